The predicted octanol–water partition coefficient (Wildman–Crippen LogP) is 4.91. The van der Waals surface area contributed by atoms with E-state index >= 15 is 0 Å². The Bertz CT molecular complexity index is 1450. The molecular weight excluding hydrogens is 446 g/mol. The van der Waals surface area contributed by atoms with Crippen LogP contribution in [0.5, 0.6) is 5.75 Å². The van der Waals surface area contributed by atoms with Crippen LogP contribution in [0, 0.1) is 6.92 Å². The number of nitrogens with zero attached hydrogens (tertiary/aromatic N) is 4. The summed E-state index contributed by atoms with van der Waals surface area (Å²) in [4.78, 5) is 23.3. The van der Waals surface area contributed by atoms with Gasteiger partial charge in [-0.15, -0.1) is 11.3 Å². The van der Waals surface area contributed by atoms with E-state index in [1.807, 2.05) is 80.0 Å². The monoisotopic (exact) mass is 469 g/mol. The highest BCUT2D eigenvalue weighted by Crippen LogP contribution is 2.29. The summed E-state index contributed by atoms with van der Waals surface area (Å²) >= 11 is 1.59. The molecule has 1 N–H and O–H groups in total. The molecule has 0 radical (unpaired) electrons. The zero-order valence-electron chi connectivity index (χ0n) is 18.9. The normalized spacial score (nSPS) is 11.0. The van der Waals surface area contributed by atoms with E-state index in [0.29, 0.717) is 24.4 Å². The summed E-state index contributed by atoms with van der Waals surface area (Å²) in [6.45, 7) is 2.66. The largest absolute Gasteiger partial charge is 0.487 e. The molecule has 1 aromatic carbocycles. The second-order valence-electron chi connectivity index (χ2n) is 7.88. The number of hydrogen-bond acceptors (Lipinski definition) is 6. The number of rotatable bonds is 7. The molecule has 1 amide bonds. The van der Waals surface area contributed by atoms with Crippen LogP contribution in [0.15, 0.2) is 72.2 Å². The lowest BCUT2D eigenvalue weighted by Crippen LogP contribution is -2.23. The second kappa shape index (κ2) is 9.44. The fourth-order valence-corrected chi connectivity index (χ4v) is 4.52. The quantitative estimate of drug-likeness (QED) is 0.366. The maximum absolute atomic E-state index is 13.3. The van der Waals surface area contributed by atoms with Crippen molar-refractivity contribution in [2.45, 2.75) is 20.1 Å². The Kier molecular flexibility index (Phi) is 6.05. The van der Waals surface area contributed by atoms with E-state index in [1.165, 1.54) is 0 Å². The summed E-state index contributed by atoms with van der Waals surface area (Å²) in [5.74, 6) is 0.563. The predicted molar refractivity (Wildman–Crippen MR) is 133 cm³/mol. The van der Waals surface area contributed by atoms with Gasteiger partial charge in [-0.25, -0.2) is 4.98 Å². The van der Waals surface area contributed by atoms with Crippen LogP contribution in [0.3, 0.4) is 0 Å². The topological polar surface area (TPSA) is 81.9 Å². The van der Waals surface area contributed by atoms with E-state index in [1.54, 1.807) is 22.2 Å². The first-order valence-electron chi connectivity index (χ1n) is 10.9. The third-order valence-electron chi connectivity index (χ3n) is 5.45. The minimum Gasteiger partial charge on any atom is -0.487 e. The molecule has 0 aliphatic heterocycles. The van der Waals surface area contributed by atoms with E-state index in [-0.39, 0.29) is 5.91 Å². The van der Waals surface area contributed by atoms with Crippen LogP contribution in [-0.2, 0) is 20.2 Å². The number of carbonyl (C=O) groups is 1. The van der Waals surface area contributed by atoms with Crippen LogP contribution in [0.25, 0.3) is 21.6 Å². The van der Waals surface area contributed by atoms with Crippen LogP contribution in [-0.4, -0.2) is 25.7 Å². The van der Waals surface area contributed by atoms with Gasteiger partial charge in [0.15, 0.2) is 5.65 Å². The van der Waals surface area contributed by atoms with Crippen molar-refractivity contribution in [3.63, 3.8) is 0 Å². The minimum atomic E-state index is -0.166. The molecule has 34 heavy (non-hydrogen) atoms. The molecule has 0 bridgehead atoms. The molecule has 0 unspecified atom stereocenters. The van der Waals surface area contributed by atoms with Crippen molar-refractivity contribution < 1.29 is 9.53 Å². The van der Waals surface area contributed by atoms with Crippen molar-refractivity contribution in [3.8, 4) is 16.3 Å². The van der Waals surface area contributed by atoms with Gasteiger partial charge in [-0.2, -0.15) is 5.10 Å². The summed E-state index contributed by atoms with van der Waals surface area (Å²) in [6.07, 6.45) is 1.74. The Hall–Kier alpha value is -4.04. The second-order valence-corrected chi connectivity index (χ2v) is 8.83. The molecule has 8 heteroatoms. The van der Waals surface area contributed by atoms with Gasteiger partial charge >= 0.3 is 0 Å². The van der Waals surface area contributed by atoms with Crippen LogP contribution in [0.1, 0.15) is 27.3 Å². The number of nitrogens with one attached hydrogen (secondary N) is 1. The maximum atomic E-state index is 13.3. The van der Waals surface area contributed by atoms with Crippen LogP contribution >= 0.6 is 11.3 Å². The number of carbonyl (C=O) groups excluding carboxylic acids is 1. The highest BCUT2D eigenvalue weighted by atomic mass is 32.1. The lowest BCUT2D eigenvalue weighted by atomic mass is 10.1. The van der Waals surface area contributed by atoms with Gasteiger partial charge in [0.25, 0.3) is 5.91 Å². The average Bonchev–Trinajstić information content (AvgIpc) is 3.50. The van der Waals surface area contributed by atoms with Gasteiger partial charge in [0.2, 0.25) is 0 Å². The number of fused-ring (bicyclic) bond motifs is 1. The Morgan fingerprint density at radius 1 is 1.12 bits per heavy atom. The zero-order chi connectivity index (χ0) is 23.5. The summed E-state index contributed by atoms with van der Waals surface area (Å²) in [7, 11) is 1.85. The molecular formula is C26H23N5O2S. The van der Waals surface area contributed by atoms with Gasteiger partial charge in [-0.05, 0) is 54.3 Å². The highest BCUT2D eigenvalue weighted by molar-refractivity contribution is 7.13. The SMILES string of the molecule is Cc1nn(C)c2nc(-c3cccs3)cc(C(=O)NCc3cccc(OCc4ccccn4)c3)c12. The molecule has 0 fully saturated rings. The first-order chi connectivity index (χ1) is 16.6. The molecule has 0 aliphatic rings. The van der Waals surface area contributed by atoms with E-state index < -0.39 is 0 Å². The minimum absolute atomic E-state index is 0.166. The molecule has 0 spiro atoms. The Labute approximate surface area is 201 Å². The van der Waals surface area contributed by atoms with Crippen molar-refractivity contribution in [1.82, 2.24) is 25.1 Å². The number of pyridine rings is 2. The maximum Gasteiger partial charge on any atom is 0.252 e. The van der Waals surface area contributed by atoms with Gasteiger partial charge in [0.1, 0.15) is 12.4 Å². The van der Waals surface area contributed by atoms with Crippen LogP contribution in [0.2, 0.25) is 0 Å². The van der Waals surface area contributed by atoms with Crippen molar-refractivity contribution in [2.75, 3.05) is 0 Å². The van der Waals surface area contributed by atoms with Gasteiger partial charge < -0.3 is 10.1 Å². The molecule has 0 atom stereocenters. The van der Waals surface area contributed by atoms with Gasteiger partial charge in [0.05, 0.1) is 32.9 Å². The number of ether oxygens (including phenoxy) is 1. The summed E-state index contributed by atoms with van der Waals surface area (Å²) < 4.78 is 7.59. The zero-order valence-corrected chi connectivity index (χ0v) is 19.7. The first kappa shape index (κ1) is 21.8. The summed E-state index contributed by atoms with van der Waals surface area (Å²) in [5.41, 5.74) is 4.60. The Balaban J connectivity index is 1.35. The fourth-order valence-electron chi connectivity index (χ4n) is 3.84. The van der Waals surface area contributed by atoms with Crippen molar-refractivity contribution in [3.05, 3.63) is 94.8 Å². The first-order valence-corrected chi connectivity index (χ1v) is 11.7. The number of aryl methyl sites for hydroxylation is 2. The molecule has 5 rings (SSSR count). The molecule has 4 heterocycles. The molecule has 5 aromatic rings. The van der Waals surface area contributed by atoms with Gasteiger partial charge in [0, 0.05) is 19.8 Å². The van der Waals surface area contributed by atoms with Crippen molar-refractivity contribution in [2.24, 2.45) is 7.05 Å². The third-order valence-corrected chi connectivity index (χ3v) is 6.34. The van der Waals surface area contributed by atoms with Crippen molar-refractivity contribution >= 4 is 28.3 Å². The molecule has 0 saturated heterocycles. The van der Waals surface area contributed by atoms with E-state index in [9.17, 15) is 4.79 Å². The number of amides is 1. The smallest absolute Gasteiger partial charge is 0.252 e. The van der Waals surface area contributed by atoms with E-state index in [2.05, 4.69) is 15.4 Å². The lowest BCUT2D eigenvalue weighted by Gasteiger charge is -2.10. The molecule has 0 aliphatic carbocycles. The summed E-state index contributed by atoms with van der Waals surface area (Å²) in [6, 6.07) is 19.3. The molecule has 4 aromatic heterocycles. The third kappa shape index (κ3) is 4.53. The van der Waals surface area contributed by atoms with Gasteiger partial charge in [-0.3, -0.25) is 14.5 Å². The average molecular weight is 470 g/mol. The fraction of sp³-hybridized carbons (Fsp3) is 0.154. The van der Waals surface area contributed by atoms with Crippen LogP contribution < -0.4 is 10.1 Å². The van der Waals surface area contributed by atoms with Crippen LogP contribution in [0.4, 0.5) is 0 Å². The van der Waals surface area contributed by atoms with E-state index in [4.69, 9.17) is 9.72 Å². The number of benzene rings is 1. The van der Waals surface area contributed by atoms with Crippen molar-refractivity contribution in [1.29, 1.82) is 0 Å². The summed E-state index contributed by atoms with van der Waals surface area (Å²) in [5, 5.41) is 10.3. The highest BCUT2D eigenvalue weighted by Gasteiger charge is 2.19. The Morgan fingerprint density at radius 3 is 2.82 bits per heavy atom. The molecule has 7 nitrogen and oxygen atoms in total. The number of thiophene rings is 1. The number of hydrogen-bond donors (Lipinski definition) is 1. The number of aromatic nitrogens is 4. The molecule has 0 saturated carbocycles. The van der Waals surface area contributed by atoms with E-state index in [0.717, 1.165) is 38.7 Å². The van der Waals surface area contributed by atoms with Gasteiger partial charge in [-0.1, -0.05) is 24.3 Å². The lowest BCUT2D eigenvalue weighted by molar-refractivity contribution is 0.0952. The Morgan fingerprint density at radius 2 is 2.03 bits per heavy atom. The standard InChI is InChI=1S/C26H23N5O2S/c1-17-24-21(14-22(23-10-6-12-34-23)29-25(24)31(2)30-17)26(32)28-15-18-7-5-9-20(13-18)33-16-19-8-3-4-11-27-19/h3-14H,15-16H2,1-2H3,(H,28,32). The molecule has 170 valence electrons.